The van der Waals surface area contributed by atoms with Crippen LogP contribution in [0.3, 0.4) is 0 Å². The standard InChI is InChI=1S/C24H22FNO/c25-20-7-9-21(10-8-20)26-15-19-14-22(27)11-12-23(19)24(26)13-16-1-3-17(4-2-16)18-5-6-18/h1-4,7-12,14,18,24,27H,5-6,13,15H2. The van der Waals surface area contributed by atoms with E-state index in [1.807, 2.05) is 24.3 Å². The van der Waals surface area contributed by atoms with E-state index in [0.717, 1.165) is 30.1 Å². The van der Waals surface area contributed by atoms with Crippen molar-refractivity contribution in [2.75, 3.05) is 4.90 Å². The molecule has 27 heavy (non-hydrogen) atoms. The Kier molecular flexibility index (Phi) is 3.89. The van der Waals surface area contributed by atoms with Gasteiger partial charge in [-0.15, -0.1) is 0 Å². The van der Waals surface area contributed by atoms with Crippen molar-refractivity contribution in [1.29, 1.82) is 0 Å². The molecule has 0 saturated heterocycles. The second-order valence-corrected chi connectivity index (χ2v) is 7.72. The van der Waals surface area contributed by atoms with E-state index >= 15 is 0 Å². The molecule has 5 rings (SSSR count). The fourth-order valence-electron chi connectivity index (χ4n) is 4.21. The van der Waals surface area contributed by atoms with E-state index in [2.05, 4.69) is 29.2 Å². The maximum Gasteiger partial charge on any atom is 0.123 e. The van der Waals surface area contributed by atoms with Gasteiger partial charge in [-0.3, -0.25) is 0 Å². The molecule has 3 aromatic carbocycles. The molecule has 1 unspecified atom stereocenters. The van der Waals surface area contributed by atoms with Crippen molar-refractivity contribution in [3.63, 3.8) is 0 Å². The number of aromatic hydroxyl groups is 1. The normalized spacial score (nSPS) is 18.6. The van der Waals surface area contributed by atoms with Crippen LogP contribution in [0.5, 0.6) is 5.75 Å². The molecule has 1 atom stereocenters. The highest BCUT2D eigenvalue weighted by atomic mass is 19.1. The molecule has 0 amide bonds. The Morgan fingerprint density at radius 2 is 1.67 bits per heavy atom. The van der Waals surface area contributed by atoms with Gasteiger partial charge in [-0.1, -0.05) is 30.3 Å². The van der Waals surface area contributed by atoms with Gasteiger partial charge in [-0.2, -0.15) is 0 Å². The molecule has 1 N–H and O–H groups in total. The van der Waals surface area contributed by atoms with E-state index in [9.17, 15) is 9.50 Å². The Morgan fingerprint density at radius 3 is 2.37 bits per heavy atom. The molecular formula is C24H22FNO. The minimum atomic E-state index is -0.222. The Bertz CT molecular complexity index is 961. The zero-order chi connectivity index (χ0) is 18.4. The molecule has 136 valence electrons. The zero-order valence-electron chi connectivity index (χ0n) is 15.1. The molecule has 1 aliphatic heterocycles. The van der Waals surface area contributed by atoms with E-state index in [0.29, 0.717) is 5.75 Å². The lowest BCUT2D eigenvalue weighted by Crippen LogP contribution is -2.23. The van der Waals surface area contributed by atoms with Crippen LogP contribution in [-0.2, 0) is 13.0 Å². The minimum Gasteiger partial charge on any atom is -0.508 e. The summed E-state index contributed by atoms with van der Waals surface area (Å²) >= 11 is 0. The van der Waals surface area contributed by atoms with Crippen molar-refractivity contribution in [3.05, 3.63) is 94.8 Å². The number of phenols is 1. The van der Waals surface area contributed by atoms with Crippen LogP contribution in [0.4, 0.5) is 10.1 Å². The highest BCUT2D eigenvalue weighted by Crippen LogP contribution is 2.42. The first-order chi connectivity index (χ1) is 13.2. The second-order valence-electron chi connectivity index (χ2n) is 7.72. The Morgan fingerprint density at radius 1 is 0.926 bits per heavy atom. The van der Waals surface area contributed by atoms with E-state index in [1.54, 1.807) is 6.07 Å². The summed E-state index contributed by atoms with van der Waals surface area (Å²) in [7, 11) is 0. The topological polar surface area (TPSA) is 23.5 Å². The first-order valence-electron chi connectivity index (χ1n) is 9.60. The Balaban J connectivity index is 1.48. The quantitative estimate of drug-likeness (QED) is 0.645. The number of phenolic OH excluding ortho intramolecular Hbond substituents is 1. The molecule has 1 heterocycles. The van der Waals surface area contributed by atoms with E-state index in [4.69, 9.17) is 0 Å². The third-order valence-corrected chi connectivity index (χ3v) is 5.82. The van der Waals surface area contributed by atoms with E-state index < -0.39 is 0 Å². The predicted octanol–water partition coefficient (Wildman–Crippen LogP) is 5.71. The molecule has 0 aromatic heterocycles. The lowest BCUT2D eigenvalue weighted by Gasteiger charge is -2.27. The van der Waals surface area contributed by atoms with Crippen molar-refractivity contribution in [1.82, 2.24) is 0 Å². The van der Waals surface area contributed by atoms with Gasteiger partial charge in [0.25, 0.3) is 0 Å². The summed E-state index contributed by atoms with van der Waals surface area (Å²) in [5, 5.41) is 9.89. The van der Waals surface area contributed by atoms with Crippen molar-refractivity contribution in [2.24, 2.45) is 0 Å². The first kappa shape index (κ1) is 16.4. The number of hydrogen-bond donors (Lipinski definition) is 1. The van der Waals surface area contributed by atoms with E-state index in [-0.39, 0.29) is 11.9 Å². The second kappa shape index (κ2) is 6.41. The minimum absolute atomic E-state index is 0.179. The van der Waals surface area contributed by atoms with Gasteiger partial charge in [0.2, 0.25) is 0 Å². The fourth-order valence-corrected chi connectivity index (χ4v) is 4.21. The number of halogens is 1. The summed E-state index contributed by atoms with van der Waals surface area (Å²) in [6.07, 6.45) is 3.52. The SMILES string of the molecule is Oc1ccc2c(c1)CN(c1ccc(F)cc1)C2Cc1ccc(C2CC2)cc1. The largest absolute Gasteiger partial charge is 0.508 e. The van der Waals surface area contributed by atoms with Gasteiger partial charge in [0.15, 0.2) is 0 Å². The molecule has 1 saturated carbocycles. The fraction of sp³-hybridized carbons (Fsp3) is 0.250. The number of anilines is 1. The molecule has 1 aliphatic carbocycles. The highest BCUT2D eigenvalue weighted by molar-refractivity contribution is 5.56. The van der Waals surface area contributed by atoms with Crippen LogP contribution in [0.2, 0.25) is 0 Å². The molecule has 0 bridgehead atoms. The van der Waals surface area contributed by atoms with Gasteiger partial charge in [0, 0.05) is 12.2 Å². The van der Waals surface area contributed by atoms with Gasteiger partial charge >= 0.3 is 0 Å². The number of fused-ring (bicyclic) bond motifs is 1. The summed E-state index contributed by atoms with van der Waals surface area (Å²) < 4.78 is 13.4. The molecule has 2 aliphatic rings. The molecular weight excluding hydrogens is 337 g/mol. The Labute approximate surface area is 158 Å². The van der Waals surface area contributed by atoms with Crippen LogP contribution in [0, 0.1) is 5.82 Å². The van der Waals surface area contributed by atoms with Crippen molar-refractivity contribution >= 4 is 5.69 Å². The first-order valence-corrected chi connectivity index (χ1v) is 9.60. The molecule has 1 fully saturated rings. The smallest absolute Gasteiger partial charge is 0.123 e. The highest BCUT2D eigenvalue weighted by Gasteiger charge is 2.31. The average molecular weight is 359 g/mol. The molecule has 2 nitrogen and oxygen atoms in total. The van der Waals surface area contributed by atoms with Gasteiger partial charge in [0.1, 0.15) is 11.6 Å². The summed E-state index contributed by atoms with van der Waals surface area (Å²) in [6, 6.07) is 21.5. The van der Waals surface area contributed by atoms with Gasteiger partial charge in [-0.25, -0.2) is 4.39 Å². The number of benzene rings is 3. The third-order valence-electron chi connectivity index (χ3n) is 5.82. The van der Waals surface area contributed by atoms with Crippen LogP contribution >= 0.6 is 0 Å². The van der Waals surface area contributed by atoms with Gasteiger partial charge in [0.05, 0.1) is 6.04 Å². The van der Waals surface area contributed by atoms with Gasteiger partial charge < -0.3 is 10.0 Å². The maximum absolute atomic E-state index is 13.4. The third kappa shape index (κ3) is 3.18. The Hall–Kier alpha value is -2.81. The van der Waals surface area contributed by atoms with Crippen LogP contribution in [0.25, 0.3) is 0 Å². The molecule has 0 radical (unpaired) electrons. The number of hydrogen-bond acceptors (Lipinski definition) is 2. The van der Waals surface area contributed by atoms with E-state index in [1.165, 1.54) is 41.7 Å². The van der Waals surface area contributed by atoms with Crippen molar-refractivity contribution < 1.29 is 9.50 Å². The average Bonchev–Trinajstić information content (AvgIpc) is 3.46. The van der Waals surface area contributed by atoms with Crippen molar-refractivity contribution in [2.45, 2.75) is 37.8 Å². The lowest BCUT2D eigenvalue weighted by molar-refractivity contribution is 0.474. The van der Waals surface area contributed by atoms with Gasteiger partial charge in [-0.05, 0) is 83.8 Å². The molecule has 3 aromatic rings. The van der Waals surface area contributed by atoms with Crippen LogP contribution in [-0.4, -0.2) is 5.11 Å². The summed E-state index contributed by atoms with van der Waals surface area (Å²) in [6.45, 7) is 0.722. The number of nitrogens with zero attached hydrogens (tertiary/aromatic N) is 1. The lowest BCUT2D eigenvalue weighted by atomic mass is 9.96. The maximum atomic E-state index is 13.4. The van der Waals surface area contributed by atoms with Crippen LogP contribution < -0.4 is 4.90 Å². The van der Waals surface area contributed by atoms with Crippen molar-refractivity contribution in [3.8, 4) is 5.75 Å². The summed E-state index contributed by atoms with van der Waals surface area (Å²) in [5.41, 5.74) is 6.14. The molecule has 0 spiro atoms. The molecule has 3 heteroatoms. The zero-order valence-corrected chi connectivity index (χ0v) is 15.1. The number of rotatable bonds is 4. The predicted molar refractivity (Wildman–Crippen MR) is 106 cm³/mol. The summed E-state index contributed by atoms with van der Waals surface area (Å²) in [4.78, 5) is 2.30. The summed E-state index contributed by atoms with van der Waals surface area (Å²) in [5.74, 6) is 0.840. The van der Waals surface area contributed by atoms with Crippen LogP contribution in [0.1, 0.15) is 47.1 Å². The van der Waals surface area contributed by atoms with Crippen LogP contribution in [0.15, 0.2) is 66.7 Å². The monoisotopic (exact) mass is 359 g/mol.